The van der Waals surface area contributed by atoms with Gasteiger partial charge in [-0.3, -0.25) is 4.79 Å². The SMILES string of the molecule is O=C(Cn1c(COc2ccccc2)nc2ccccc21)NC(c1ccccc1)c1ccco1. The van der Waals surface area contributed by atoms with Crippen molar-refractivity contribution in [3.8, 4) is 5.75 Å². The largest absolute Gasteiger partial charge is 0.486 e. The van der Waals surface area contributed by atoms with Crippen LogP contribution in [0.3, 0.4) is 0 Å². The average Bonchev–Trinajstić information content (AvgIpc) is 3.51. The van der Waals surface area contributed by atoms with Crippen LogP contribution in [0.1, 0.15) is 23.2 Å². The summed E-state index contributed by atoms with van der Waals surface area (Å²) >= 11 is 0. The number of fused-ring (bicyclic) bond motifs is 1. The number of nitrogens with zero attached hydrogens (tertiary/aromatic N) is 2. The molecule has 1 amide bonds. The van der Waals surface area contributed by atoms with E-state index in [1.54, 1.807) is 6.26 Å². The summed E-state index contributed by atoms with van der Waals surface area (Å²) in [6.45, 7) is 0.365. The first-order chi connectivity index (χ1) is 16.3. The van der Waals surface area contributed by atoms with Gasteiger partial charge in [0.2, 0.25) is 5.91 Å². The molecule has 0 saturated carbocycles. The maximum Gasteiger partial charge on any atom is 0.240 e. The van der Waals surface area contributed by atoms with Crippen LogP contribution >= 0.6 is 0 Å². The molecule has 0 radical (unpaired) electrons. The number of furan rings is 1. The minimum absolute atomic E-state index is 0.109. The molecule has 33 heavy (non-hydrogen) atoms. The van der Waals surface area contributed by atoms with Gasteiger partial charge < -0.3 is 19.0 Å². The number of amides is 1. The summed E-state index contributed by atoms with van der Waals surface area (Å²) in [6.07, 6.45) is 1.61. The topological polar surface area (TPSA) is 69.3 Å². The molecule has 3 aromatic carbocycles. The Hall–Kier alpha value is -4.32. The highest BCUT2D eigenvalue weighted by Gasteiger charge is 2.21. The predicted molar refractivity (Wildman–Crippen MR) is 126 cm³/mol. The van der Waals surface area contributed by atoms with Crippen molar-refractivity contribution in [1.82, 2.24) is 14.9 Å². The summed E-state index contributed by atoms with van der Waals surface area (Å²) in [5, 5.41) is 3.12. The molecule has 0 spiro atoms. The maximum atomic E-state index is 13.2. The molecule has 1 N–H and O–H groups in total. The van der Waals surface area contributed by atoms with Gasteiger partial charge in [0.1, 0.15) is 36.5 Å². The van der Waals surface area contributed by atoms with E-state index in [0.29, 0.717) is 11.6 Å². The van der Waals surface area contributed by atoms with Gasteiger partial charge in [-0.15, -0.1) is 0 Å². The van der Waals surface area contributed by atoms with E-state index in [0.717, 1.165) is 22.3 Å². The first-order valence-electron chi connectivity index (χ1n) is 10.8. The Morgan fingerprint density at radius 2 is 1.64 bits per heavy atom. The van der Waals surface area contributed by atoms with Crippen LogP contribution in [-0.4, -0.2) is 15.5 Å². The van der Waals surface area contributed by atoms with Gasteiger partial charge in [-0.25, -0.2) is 4.98 Å². The number of benzene rings is 3. The Morgan fingerprint density at radius 3 is 2.39 bits per heavy atom. The fourth-order valence-corrected chi connectivity index (χ4v) is 3.85. The van der Waals surface area contributed by atoms with Gasteiger partial charge in [-0.1, -0.05) is 60.7 Å². The van der Waals surface area contributed by atoms with E-state index in [4.69, 9.17) is 14.1 Å². The van der Waals surface area contributed by atoms with Crippen molar-refractivity contribution in [2.24, 2.45) is 0 Å². The highest BCUT2D eigenvalue weighted by Crippen LogP contribution is 2.23. The fourth-order valence-electron chi connectivity index (χ4n) is 3.85. The molecule has 0 fully saturated rings. The van der Waals surface area contributed by atoms with Crippen molar-refractivity contribution < 1.29 is 13.9 Å². The molecule has 2 aromatic heterocycles. The van der Waals surface area contributed by atoms with Gasteiger partial charge in [-0.2, -0.15) is 0 Å². The molecule has 0 saturated heterocycles. The maximum absolute atomic E-state index is 13.2. The van der Waals surface area contributed by atoms with E-state index in [1.165, 1.54) is 0 Å². The van der Waals surface area contributed by atoms with Crippen molar-refractivity contribution in [1.29, 1.82) is 0 Å². The lowest BCUT2D eigenvalue weighted by molar-refractivity contribution is -0.122. The monoisotopic (exact) mass is 437 g/mol. The van der Waals surface area contributed by atoms with Gasteiger partial charge in [0, 0.05) is 0 Å². The Kier molecular flexibility index (Phi) is 5.89. The highest BCUT2D eigenvalue weighted by molar-refractivity contribution is 5.81. The molecule has 164 valence electrons. The molecule has 1 unspecified atom stereocenters. The molecule has 5 aromatic rings. The number of carbonyl (C=O) groups excluding carboxylic acids is 1. The molecule has 0 aliphatic heterocycles. The number of aromatic nitrogens is 2. The van der Waals surface area contributed by atoms with Crippen LogP contribution in [0.4, 0.5) is 0 Å². The third kappa shape index (κ3) is 4.65. The zero-order chi connectivity index (χ0) is 22.5. The lowest BCUT2D eigenvalue weighted by Gasteiger charge is -2.18. The zero-order valence-corrected chi connectivity index (χ0v) is 17.9. The quantitative estimate of drug-likeness (QED) is 0.366. The van der Waals surface area contributed by atoms with E-state index in [1.807, 2.05) is 102 Å². The molecule has 0 aliphatic rings. The summed E-state index contributed by atoms with van der Waals surface area (Å²) in [7, 11) is 0. The molecule has 0 aliphatic carbocycles. The second kappa shape index (κ2) is 9.44. The van der Waals surface area contributed by atoms with Crippen molar-refractivity contribution in [3.63, 3.8) is 0 Å². The Morgan fingerprint density at radius 1 is 0.909 bits per heavy atom. The fraction of sp³-hybridized carbons (Fsp3) is 0.111. The standard InChI is InChI=1S/C27H23N3O3/c31-26(29-27(24-16-9-17-32-24)20-10-3-1-4-11-20)18-30-23-15-8-7-14-22(23)28-25(30)19-33-21-12-5-2-6-13-21/h1-17,27H,18-19H2,(H,29,31). The van der Waals surface area contributed by atoms with Crippen LogP contribution in [0.5, 0.6) is 5.75 Å². The Labute approximate surface area is 191 Å². The smallest absolute Gasteiger partial charge is 0.240 e. The average molecular weight is 437 g/mol. The number of carbonyl (C=O) groups is 1. The summed E-state index contributed by atoms with van der Waals surface area (Å²) < 4.78 is 13.4. The van der Waals surface area contributed by atoms with Crippen LogP contribution in [-0.2, 0) is 17.9 Å². The van der Waals surface area contributed by atoms with Gasteiger partial charge >= 0.3 is 0 Å². The number of rotatable bonds is 8. The van der Waals surface area contributed by atoms with Crippen LogP contribution in [0.15, 0.2) is 108 Å². The molecular formula is C27H23N3O3. The second-order valence-electron chi connectivity index (χ2n) is 7.63. The van der Waals surface area contributed by atoms with E-state index in [-0.39, 0.29) is 25.1 Å². The lowest BCUT2D eigenvalue weighted by Crippen LogP contribution is -2.32. The summed E-state index contributed by atoms with van der Waals surface area (Å²) in [6, 6.07) is 30.4. The van der Waals surface area contributed by atoms with E-state index in [9.17, 15) is 4.79 Å². The minimum atomic E-state index is -0.382. The lowest BCUT2D eigenvalue weighted by atomic mass is 10.0. The summed E-state index contributed by atoms with van der Waals surface area (Å²) in [5.41, 5.74) is 2.65. The van der Waals surface area contributed by atoms with Crippen LogP contribution in [0.2, 0.25) is 0 Å². The van der Waals surface area contributed by atoms with Gasteiger partial charge in [0.05, 0.1) is 17.3 Å². The number of hydrogen-bond acceptors (Lipinski definition) is 4. The Bertz CT molecular complexity index is 1330. The normalized spacial score (nSPS) is 11.9. The first kappa shape index (κ1) is 20.6. The third-order valence-corrected chi connectivity index (χ3v) is 5.41. The number of hydrogen-bond donors (Lipinski definition) is 1. The zero-order valence-electron chi connectivity index (χ0n) is 17.9. The Balaban J connectivity index is 1.40. The van der Waals surface area contributed by atoms with Gasteiger partial charge in [0.15, 0.2) is 0 Å². The first-order valence-corrected chi connectivity index (χ1v) is 10.8. The second-order valence-corrected chi connectivity index (χ2v) is 7.63. The van der Waals surface area contributed by atoms with Crippen molar-refractivity contribution in [2.45, 2.75) is 19.2 Å². The van der Waals surface area contributed by atoms with E-state index < -0.39 is 0 Å². The van der Waals surface area contributed by atoms with Gasteiger partial charge in [-0.05, 0) is 42.0 Å². The third-order valence-electron chi connectivity index (χ3n) is 5.41. The number of ether oxygens (including phenoxy) is 1. The number of nitrogens with one attached hydrogen (secondary N) is 1. The molecular weight excluding hydrogens is 414 g/mol. The van der Waals surface area contributed by atoms with E-state index >= 15 is 0 Å². The van der Waals surface area contributed by atoms with Crippen molar-refractivity contribution >= 4 is 16.9 Å². The molecule has 1 atom stereocenters. The molecule has 2 heterocycles. The minimum Gasteiger partial charge on any atom is -0.486 e. The molecule has 6 nitrogen and oxygen atoms in total. The van der Waals surface area contributed by atoms with E-state index in [2.05, 4.69) is 5.32 Å². The van der Waals surface area contributed by atoms with Crippen molar-refractivity contribution in [3.05, 3.63) is 120 Å². The predicted octanol–water partition coefficient (Wildman–Crippen LogP) is 5.11. The van der Waals surface area contributed by atoms with Crippen LogP contribution in [0, 0.1) is 0 Å². The summed E-state index contributed by atoms with van der Waals surface area (Å²) in [5.74, 6) is 1.97. The van der Waals surface area contributed by atoms with Gasteiger partial charge in [0.25, 0.3) is 0 Å². The van der Waals surface area contributed by atoms with Crippen molar-refractivity contribution in [2.75, 3.05) is 0 Å². The van der Waals surface area contributed by atoms with Crippen LogP contribution in [0.25, 0.3) is 11.0 Å². The van der Waals surface area contributed by atoms with Crippen LogP contribution < -0.4 is 10.1 Å². The number of para-hydroxylation sites is 3. The molecule has 6 heteroatoms. The summed E-state index contributed by atoms with van der Waals surface area (Å²) in [4.78, 5) is 17.9. The highest BCUT2D eigenvalue weighted by atomic mass is 16.5. The number of imidazole rings is 1. The molecule has 0 bridgehead atoms. The molecule has 5 rings (SSSR count).